The quantitative estimate of drug-likeness (QED) is 0.760. The topological polar surface area (TPSA) is 72.0 Å². The van der Waals surface area contributed by atoms with E-state index >= 15 is 0 Å². The number of para-hydroxylation sites is 2. The molecule has 2 aliphatic rings. The third-order valence-electron chi connectivity index (χ3n) is 5.45. The van der Waals surface area contributed by atoms with Gasteiger partial charge < -0.3 is 19.3 Å². The Hall–Kier alpha value is -3.09. The van der Waals surface area contributed by atoms with Crippen molar-refractivity contribution in [1.82, 2.24) is 14.8 Å². The highest BCUT2D eigenvalue weighted by Gasteiger charge is 2.25. The zero-order valence-electron chi connectivity index (χ0n) is 17.1. The van der Waals surface area contributed by atoms with Crippen molar-refractivity contribution in [2.75, 3.05) is 26.2 Å². The summed E-state index contributed by atoms with van der Waals surface area (Å²) >= 11 is 0. The number of amides is 2. The van der Waals surface area contributed by atoms with E-state index in [1.807, 2.05) is 41.3 Å². The van der Waals surface area contributed by atoms with E-state index in [4.69, 9.17) is 9.47 Å². The van der Waals surface area contributed by atoms with Gasteiger partial charge in [-0.15, -0.1) is 0 Å². The minimum atomic E-state index is -0.0356. The largest absolute Gasteiger partial charge is 0.490 e. The van der Waals surface area contributed by atoms with E-state index < -0.39 is 0 Å². The van der Waals surface area contributed by atoms with Crippen molar-refractivity contribution in [3.8, 4) is 17.4 Å². The van der Waals surface area contributed by atoms with Gasteiger partial charge in [0.25, 0.3) is 0 Å². The number of hydrogen-bond acceptors (Lipinski definition) is 5. The van der Waals surface area contributed by atoms with E-state index in [1.54, 1.807) is 11.1 Å². The van der Waals surface area contributed by atoms with Gasteiger partial charge in [-0.1, -0.05) is 18.2 Å². The fraction of sp³-hybridized carbons (Fsp3) is 0.435. The number of rotatable bonds is 2. The molecule has 4 rings (SSSR count). The monoisotopic (exact) mass is 409 g/mol. The van der Waals surface area contributed by atoms with Crippen molar-refractivity contribution < 1.29 is 19.1 Å². The van der Waals surface area contributed by atoms with Crippen LogP contribution in [0.4, 0.5) is 0 Å². The van der Waals surface area contributed by atoms with Crippen LogP contribution < -0.4 is 9.47 Å². The molecule has 1 fully saturated rings. The average Bonchev–Trinajstić information content (AvgIpc) is 3.16. The number of carbonyl (C=O) groups excluding carboxylic acids is 2. The molecule has 1 aromatic heterocycles. The molecule has 1 aromatic carbocycles. The molecule has 0 N–H and O–H groups in total. The molecule has 0 atom stereocenters. The number of benzene rings is 1. The molecule has 0 unspecified atom stereocenters. The lowest BCUT2D eigenvalue weighted by Crippen LogP contribution is -2.41. The van der Waals surface area contributed by atoms with Crippen LogP contribution in [-0.4, -0.2) is 52.8 Å². The molecule has 0 saturated carbocycles. The Kier molecular flexibility index (Phi) is 6.47. The van der Waals surface area contributed by atoms with Crippen molar-refractivity contribution in [3.05, 3.63) is 48.2 Å². The Morgan fingerprint density at radius 2 is 1.87 bits per heavy atom. The Morgan fingerprint density at radius 1 is 1.00 bits per heavy atom. The van der Waals surface area contributed by atoms with Crippen LogP contribution >= 0.6 is 0 Å². The minimum Gasteiger partial charge on any atom is -0.490 e. The Labute approximate surface area is 176 Å². The number of ether oxygens (including phenoxy) is 2. The second kappa shape index (κ2) is 9.61. The standard InChI is InChI=1S/C23H27N3O4/c27-21-11-7-14-26(21)17-22(28)25-13-4-1-5-15-29-19-9-2-3-10-20(19)30-23-18(16-25)8-6-12-24-23/h2-3,6,8-10,12H,1,4-5,7,11,13-17H2. The van der Waals surface area contributed by atoms with Crippen LogP contribution in [0.5, 0.6) is 17.4 Å². The van der Waals surface area contributed by atoms with Crippen LogP contribution in [0.1, 0.15) is 37.7 Å². The highest BCUT2D eigenvalue weighted by atomic mass is 16.5. The molecule has 0 spiro atoms. The van der Waals surface area contributed by atoms with Gasteiger partial charge in [-0.25, -0.2) is 4.98 Å². The third-order valence-corrected chi connectivity index (χ3v) is 5.45. The van der Waals surface area contributed by atoms with Crippen molar-refractivity contribution >= 4 is 11.8 Å². The van der Waals surface area contributed by atoms with Gasteiger partial charge in [-0.05, 0) is 43.9 Å². The molecule has 0 radical (unpaired) electrons. The number of likely N-dealkylation sites (tertiary alicyclic amines) is 1. The second-order valence-corrected chi connectivity index (χ2v) is 7.66. The number of carbonyl (C=O) groups is 2. The highest BCUT2D eigenvalue weighted by Crippen LogP contribution is 2.32. The number of pyridine rings is 1. The summed E-state index contributed by atoms with van der Waals surface area (Å²) in [6.07, 6.45) is 5.76. The molecule has 3 heterocycles. The average molecular weight is 409 g/mol. The third kappa shape index (κ3) is 4.90. The first-order valence-electron chi connectivity index (χ1n) is 10.6. The number of aromatic nitrogens is 1. The summed E-state index contributed by atoms with van der Waals surface area (Å²) in [6.45, 7) is 2.41. The highest BCUT2D eigenvalue weighted by molar-refractivity contribution is 5.85. The molecular formula is C23H27N3O4. The fourth-order valence-electron chi connectivity index (χ4n) is 3.79. The van der Waals surface area contributed by atoms with Gasteiger partial charge in [0.2, 0.25) is 17.7 Å². The lowest BCUT2D eigenvalue weighted by Gasteiger charge is -2.26. The van der Waals surface area contributed by atoms with E-state index in [0.29, 0.717) is 50.0 Å². The normalized spacial score (nSPS) is 17.5. The molecular weight excluding hydrogens is 382 g/mol. The smallest absolute Gasteiger partial charge is 0.242 e. The van der Waals surface area contributed by atoms with Crippen LogP contribution in [0.15, 0.2) is 42.6 Å². The van der Waals surface area contributed by atoms with E-state index in [9.17, 15) is 9.59 Å². The van der Waals surface area contributed by atoms with Crippen LogP contribution in [0.25, 0.3) is 0 Å². The summed E-state index contributed by atoms with van der Waals surface area (Å²) in [5.74, 6) is 1.79. The first-order valence-corrected chi connectivity index (χ1v) is 10.6. The van der Waals surface area contributed by atoms with Gasteiger partial charge in [0.1, 0.15) is 0 Å². The molecule has 7 nitrogen and oxygen atoms in total. The molecule has 2 aliphatic heterocycles. The Bertz CT molecular complexity index is 902. The predicted octanol–water partition coefficient (Wildman–Crippen LogP) is 3.39. The second-order valence-electron chi connectivity index (χ2n) is 7.66. The summed E-state index contributed by atoms with van der Waals surface area (Å²) in [7, 11) is 0. The molecule has 0 bridgehead atoms. The molecule has 30 heavy (non-hydrogen) atoms. The van der Waals surface area contributed by atoms with E-state index in [0.717, 1.165) is 31.2 Å². The zero-order valence-corrected chi connectivity index (χ0v) is 17.1. The van der Waals surface area contributed by atoms with E-state index in [1.165, 1.54) is 0 Å². The summed E-state index contributed by atoms with van der Waals surface area (Å²) < 4.78 is 12.0. The van der Waals surface area contributed by atoms with Crippen LogP contribution in [0, 0.1) is 0 Å². The van der Waals surface area contributed by atoms with E-state index in [-0.39, 0.29) is 18.4 Å². The molecule has 2 amide bonds. The SMILES string of the molecule is O=C1CCCN1CC(=O)N1CCCCCOc2ccccc2Oc2ncccc2C1. The van der Waals surface area contributed by atoms with Gasteiger partial charge in [-0.3, -0.25) is 9.59 Å². The van der Waals surface area contributed by atoms with Crippen molar-refractivity contribution in [3.63, 3.8) is 0 Å². The Balaban J connectivity index is 1.57. The van der Waals surface area contributed by atoms with Gasteiger partial charge in [0.15, 0.2) is 11.5 Å². The number of fused-ring (bicyclic) bond motifs is 2. The lowest BCUT2D eigenvalue weighted by molar-refractivity contribution is -0.138. The summed E-state index contributed by atoms with van der Waals surface area (Å²) in [5, 5.41) is 0. The van der Waals surface area contributed by atoms with Gasteiger partial charge in [0, 0.05) is 31.3 Å². The maximum absolute atomic E-state index is 13.0. The lowest BCUT2D eigenvalue weighted by atomic mass is 10.2. The summed E-state index contributed by atoms with van der Waals surface area (Å²) in [6, 6.07) is 11.3. The first kappa shape index (κ1) is 20.2. The minimum absolute atomic E-state index is 0.0356. The molecule has 1 saturated heterocycles. The van der Waals surface area contributed by atoms with Crippen LogP contribution in [0.2, 0.25) is 0 Å². The predicted molar refractivity (Wildman–Crippen MR) is 111 cm³/mol. The molecule has 7 heteroatoms. The number of nitrogens with zero attached hydrogens (tertiary/aromatic N) is 3. The maximum atomic E-state index is 13.0. The van der Waals surface area contributed by atoms with Crippen molar-refractivity contribution in [2.24, 2.45) is 0 Å². The van der Waals surface area contributed by atoms with Gasteiger partial charge in [-0.2, -0.15) is 0 Å². The molecule has 158 valence electrons. The first-order chi connectivity index (χ1) is 14.7. The zero-order chi connectivity index (χ0) is 20.8. The van der Waals surface area contributed by atoms with Crippen LogP contribution in [0.3, 0.4) is 0 Å². The van der Waals surface area contributed by atoms with Crippen LogP contribution in [-0.2, 0) is 16.1 Å². The Morgan fingerprint density at radius 3 is 2.70 bits per heavy atom. The van der Waals surface area contributed by atoms with Crippen molar-refractivity contribution in [1.29, 1.82) is 0 Å². The summed E-state index contributed by atoms with van der Waals surface area (Å²) in [5.41, 5.74) is 0.827. The summed E-state index contributed by atoms with van der Waals surface area (Å²) in [4.78, 5) is 32.9. The van der Waals surface area contributed by atoms with E-state index in [2.05, 4.69) is 4.98 Å². The molecule has 0 aliphatic carbocycles. The maximum Gasteiger partial charge on any atom is 0.242 e. The molecule has 2 aromatic rings. The number of hydrogen-bond donors (Lipinski definition) is 0. The van der Waals surface area contributed by atoms with Gasteiger partial charge >= 0.3 is 0 Å². The van der Waals surface area contributed by atoms with Crippen molar-refractivity contribution in [2.45, 2.75) is 38.6 Å². The van der Waals surface area contributed by atoms with Gasteiger partial charge in [0.05, 0.1) is 19.7 Å². The fourth-order valence-corrected chi connectivity index (χ4v) is 3.79.